The quantitative estimate of drug-likeness (QED) is 0.0541. The highest BCUT2D eigenvalue weighted by molar-refractivity contribution is 6.76. The number of anilines is 1. The topological polar surface area (TPSA) is 113 Å². The Morgan fingerprint density at radius 1 is 0.627 bits per heavy atom. The maximum atomic E-state index is 17.5. The second-order valence-corrected chi connectivity index (χ2v) is 38.3. The third-order valence-corrected chi connectivity index (χ3v) is 18.5. The van der Waals surface area contributed by atoms with E-state index < -0.39 is 45.5 Å². The lowest BCUT2D eigenvalue weighted by Gasteiger charge is -2.34. The lowest BCUT2D eigenvalue weighted by molar-refractivity contribution is -0.160. The highest BCUT2D eigenvalue weighted by Gasteiger charge is 2.43. The van der Waals surface area contributed by atoms with Gasteiger partial charge in [-0.3, -0.25) is 9.69 Å². The van der Waals surface area contributed by atoms with Crippen LogP contribution in [-0.4, -0.2) is 83.2 Å². The molecular formula is C59H86F2N6O6Si2. The van der Waals surface area contributed by atoms with Crippen LogP contribution in [0.15, 0.2) is 48.5 Å². The minimum Gasteiger partial charge on any atom is -0.460 e. The number of likely N-dealkylation sites (tertiary alicyclic amines) is 1. The van der Waals surface area contributed by atoms with Crippen molar-refractivity contribution in [1.82, 2.24) is 24.0 Å². The van der Waals surface area contributed by atoms with Gasteiger partial charge < -0.3 is 33.0 Å². The van der Waals surface area contributed by atoms with Crippen LogP contribution in [0.5, 0.6) is 0 Å². The first kappa shape index (κ1) is 56.6. The van der Waals surface area contributed by atoms with E-state index in [0.29, 0.717) is 90.3 Å². The fourth-order valence-electron chi connectivity index (χ4n) is 11.2. The summed E-state index contributed by atoms with van der Waals surface area (Å²) < 4.78 is 63.4. The highest BCUT2D eigenvalue weighted by Crippen LogP contribution is 2.50. The maximum absolute atomic E-state index is 17.5. The van der Waals surface area contributed by atoms with Crippen molar-refractivity contribution in [2.45, 2.75) is 213 Å². The van der Waals surface area contributed by atoms with E-state index in [2.05, 4.69) is 89.2 Å². The van der Waals surface area contributed by atoms with E-state index in [1.54, 1.807) is 17.0 Å². The van der Waals surface area contributed by atoms with E-state index in [1.807, 2.05) is 62.8 Å². The number of rotatable bonds is 16. The van der Waals surface area contributed by atoms with Crippen molar-refractivity contribution in [3.05, 3.63) is 88.5 Å². The smallest absolute Gasteiger partial charge is 0.410 e. The predicted molar refractivity (Wildman–Crippen MR) is 301 cm³/mol. The van der Waals surface area contributed by atoms with E-state index >= 15 is 8.78 Å². The van der Waals surface area contributed by atoms with Crippen molar-refractivity contribution in [2.24, 2.45) is 5.92 Å². The van der Waals surface area contributed by atoms with Crippen molar-refractivity contribution < 1.29 is 37.3 Å². The number of hydrogen-bond acceptors (Lipinski definition) is 9. The Morgan fingerprint density at radius 3 is 1.63 bits per heavy atom. The summed E-state index contributed by atoms with van der Waals surface area (Å²) in [5.74, 6) is -0.256. The number of halogens is 2. The zero-order valence-corrected chi connectivity index (χ0v) is 49.8. The van der Waals surface area contributed by atoms with Gasteiger partial charge in [0.15, 0.2) is 0 Å². The van der Waals surface area contributed by atoms with E-state index in [4.69, 9.17) is 28.9 Å². The van der Waals surface area contributed by atoms with Gasteiger partial charge in [-0.1, -0.05) is 78.6 Å². The van der Waals surface area contributed by atoms with Gasteiger partial charge in [-0.25, -0.2) is 23.5 Å². The summed E-state index contributed by atoms with van der Waals surface area (Å²) in [4.78, 5) is 41.9. The second-order valence-electron chi connectivity index (χ2n) is 27.0. The van der Waals surface area contributed by atoms with Crippen LogP contribution in [0, 0.1) is 17.6 Å². The first-order valence-electron chi connectivity index (χ1n) is 27.6. The molecule has 12 nitrogen and oxygen atoms in total. The average Bonchev–Trinajstić information content (AvgIpc) is 4.14. The molecule has 0 N–H and O–H groups in total. The summed E-state index contributed by atoms with van der Waals surface area (Å²) in [5, 5.41) is 0. The molecule has 2 aromatic heterocycles. The maximum Gasteiger partial charge on any atom is 0.410 e. The first-order valence-corrected chi connectivity index (χ1v) is 35.0. The third kappa shape index (κ3) is 13.2. The average molecular weight is 1070 g/mol. The molecule has 3 aliphatic rings. The van der Waals surface area contributed by atoms with Crippen LogP contribution in [0.2, 0.25) is 51.4 Å². The Balaban J connectivity index is 1.21. The normalized spacial score (nSPS) is 21.1. The van der Waals surface area contributed by atoms with Gasteiger partial charge >= 0.3 is 12.1 Å². The molecular weight excluding hydrogens is 983 g/mol. The number of esters is 1. The molecule has 1 amide bonds. The highest BCUT2D eigenvalue weighted by atomic mass is 28.3. The molecule has 0 spiro atoms. The summed E-state index contributed by atoms with van der Waals surface area (Å²) in [6.45, 7) is 33.7. The van der Waals surface area contributed by atoms with Gasteiger partial charge in [0.25, 0.3) is 0 Å². The fourth-order valence-corrected chi connectivity index (χ4v) is 12.7. The van der Waals surface area contributed by atoms with Crippen LogP contribution in [0.4, 0.5) is 19.3 Å². The SMILES string of the molecule is CC(C)(C)OC(=O)C1CCCC1c1nc2cc([C@H]3CC[C@H](c4cc5nc([C@@H]6CCCN6C(=O)OC(C)(C)C)n(COCC[Si](C)(C)C)c5cc4F)N3c3ccc(C(C)(C)C)cc3)c(F)cc2n1COCC[Si](C)(C)C. The number of nitrogens with zero attached hydrogens (tertiary/aromatic N) is 6. The molecule has 0 bridgehead atoms. The first-order chi connectivity index (χ1) is 35.0. The largest absolute Gasteiger partial charge is 0.460 e. The van der Waals surface area contributed by atoms with Crippen molar-refractivity contribution >= 4 is 56.0 Å². The molecule has 1 saturated carbocycles. The minimum atomic E-state index is -1.41. The monoisotopic (exact) mass is 1070 g/mol. The number of ether oxygens (including phenoxy) is 4. The molecule has 3 fully saturated rings. The Kier molecular flexibility index (Phi) is 16.3. The molecule has 3 aromatic carbocycles. The standard InChI is InChI=1S/C59H86F2N6O6Si2/c1-57(2,3)38-21-23-39(24-22-38)67-48(42-32-46-51(34-44(42)60)65(36-70-28-30-74(10,11)12)53(62-46)40-18-16-19-41(40)55(68)72-58(4,5)6)25-26-49(67)43-33-47-52(35-45(43)61)66(37-71-29-31-75(13,14)15)54(63-47)50-20-17-27-64(50)56(69)73-59(7,8)9/h21-24,32-35,40-41,48-50H,16-20,25-31,36-37H2,1-15H3/t40?,41?,48-,49-,50+/m1/s1. The summed E-state index contributed by atoms with van der Waals surface area (Å²) in [7, 11) is -2.82. The van der Waals surface area contributed by atoms with E-state index in [0.717, 1.165) is 42.6 Å². The zero-order chi connectivity index (χ0) is 54.6. The molecule has 8 rings (SSSR count). The van der Waals surface area contributed by atoms with Crippen LogP contribution in [0.25, 0.3) is 22.1 Å². The number of hydrogen-bond donors (Lipinski definition) is 0. The number of fused-ring (bicyclic) bond motifs is 2. The summed E-state index contributed by atoms with van der Waals surface area (Å²) >= 11 is 0. The van der Waals surface area contributed by atoms with Crippen LogP contribution in [0.1, 0.15) is 160 Å². The van der Waals surface area contributed by atoms with Crippen molar-refractivity contribution in [3.63, 3.8) is 0 Å². The molecule has 1 aliphatic carbocycles. The van der Waals surface area contributed by atoms with Gasteiger partial charge in [0.05, 0.1) is 46.1 Å². The van der Waals surface area contributed by atoms with Crippen molar-refractivity contribution in [2.75, 3.05) is 24.7 Å². The third-order valence-electron chi connectivity index (χ3n) is 15.1. The molecule has 410 valence electrons. The van der Waals surface area contributed by atoms with Crippen LogP contribution >= 0.6 is 0 Å². The molecule has 0 radical (unpaired) electrons. The van der Waals surface area contributed by atoms with Crippen LogP contribution in [-0.2, 0) is 42.6 Å². The Hall–Kier alpha value is -4.65. The van der Waals surface area contributed by atoms with Crippen LogP contribution in [0.3, 0.4) is 0 Å². The molecule has 2 aliphatic heterocycles. The molecule has 75 heavy (non-hydrogen) atoms. The second kappa shape index (κ2) is 21.6. The molecule has 2 saturated heterocycles. The van der Waals surface area contributed by atoms with Gasteiger partial charge in [0, 0.05) is 70.8 Å². The fraction of sp³-hybridized carbons (Fsp3) is 0.627. The zero-order valence-electron chi connectivity index (χ0n) is 47.8. The number of imidazole rings is 2. The molecule has 16 heteroatoms. The summed E-state index contributed by atoms with van der Waals surface area (Å²) in [5.41, 5.74) is 3.96. The molecule has 2 unspecified atom stereocenters. The van der Waals surface area contributed by atoms with Gasteiger partial charge in [0.2, 0.25) is 0 Å². The number of aromatic nitrogens is 4. The minimum absolute atomic E-state index is 0.110. The molecule has 5 aromatic rings. The lowest BCUT2D eigenvalue weighted by atomic mass is 9.87. The van der Waals surface area contributed by atoms with Gasteiger partial charge in [-0.2, -0.15) is 0 Å². The number of carbonyl (C=O) groups is 2. The number of amides is 1. The van der Waals surface area contributed by atoms with E-state index in [-0.39, 0.29) is 54.4 Å². The lowest BCUT2D eigenvalue weighted by Crippen LogP contribution is -2.37. The summed E-state index contributed by atoms with van der Waals surface area (Å²) in [6.07, 6.45) is 4.43. The van der Waals surface area contributed by atoms with Crippen molar-refractivity contribution in [1.29, 1.82) is 0 Å². The predicted octanol–water partition coefficient (Wildman–Crippen LogP) is 15.0. The van der Waals surface area contributed by atoms with Crippen LogP contribution < -0.4 is 4.90 Å². The Morgan fingerprint density at radius 2 is 1.13 bits per heavy atom. The van der Waals surface area contributed by atoms with Gasteiger partial charge in [0.1, 0.15) is 47.9 Å². The summed E-state index contributed by atoms with van der Waals surface area (Å²) in [6, 6.07) is 15.9. The van der Waals surface area contributed by atoms with E-state index in [9.17, 15) is 9.59 Å². The Labute approximate surface area is 447 Å². The number of carbonyl (C=O) groups excluding carboxylic acids is 2. The molecule has 5 atom stereocenters. The Bertz CT molecular complexity index is 2690. The number of benzene rings is 3. The van der Waals surface area contributed by atoms with E-state index in [1.165, 1.54) is 0 Å². The van der Waals surface area contributed by atoms with Gasteiger partial charge in [-0.05, 0) is 127 Å². The van der Waals surface area contributed by atoms with Gasteiger partial charge in [-0.15, -0.1) is 0 Å². The molecule has 4 heterocycles. The van der Waals surface area contributed by atoms with Crippen molar-refractivity contribution in [3.8, 4) is 0 Å².